The van der Waals surface area contributed by atoms with Crippen molar-refractivity contribution in [2.45, 2.75) is 12.8 Å². The molecule has 4 heteroatoms. The maximum Gasteiger partial charge on any atom is 0.331 e. The van der Waals surface area contributed by atoms with Crippen molar-refractivity contribution in [1.82, 2.24) is 0 Å². The van der Waals surface area contributed by atoms with Crippen LogP contribution in [0, 0.1) is 5.92 Å². The van der Waals surface area contributed by atoms with Crippen molar-refractivity contribution in [2.24, 2.45) is 5.92 Å². The van der Waals surface area contributed by atoms with Crippen LogP contribution in [0.5, 0.6) is 0 Å². The number of hydrogen-bond donors (Lipinski definition) is 2. The van der Waals surface area contributed by atoms with Crippen LogP contribution < -0.4 is 0 Å². The molecule has 1 aliphatic carbocycles. The molecule has 0 aromatic heterocycles. The number of carboxylic acid groups (broad SMARTS) is 1. The average Bonchev–Trinajstić information content (AvgIpc) is 2.20. The summed E-state index contributed by atoms with van der Waals surface area (Å²) in [6.07, 6.45) is 7.70. The predicted octanol–water partition coefficient (Wildman–Crippen LogP) is 2.64. The largest absolute Gasteiger partial charge is 0.508 e. The van der Waals surface area contributed by atoms with Gasteiger partial charge in [-0.15, -0.1) is 11.6 Å². The van der Waals surface area contributed by atoms with Gasteiger partial charge >= 0.3 is 5.97 Å². The number of allylic oxidation sites excluding steroid dienone is 4. The van der Waals surface area contributed by atoms with Gasteiger partial charge in [-0.2, -0.15) is 0 Å². The molecular formula is C11H13ClO3. The van der Waals surface area contributed by atoms with Crippen LogP contribution in [0.1, 0.15) is 12.8 Å². The SMILES string of the molecule is O=C(O)C(=CC1C=CC(O)=CC1)CCCl. The summed E-state index contributed by atoms with van der Waals surface area (Å²) in [5.74, 6) is -0.359. The van der Waals surface area contributed by atoms with E-state index >= 15 is 0 Å². The topological polar surface area (TPSA) is 57.5 Å². The van der Waals surface area contributed by atoms with Crippen LogP contribution in [0.2, 0.25) is 0 Å². The third kappa shape index (κ3) is 3.80. The summed E-state index contributed by atoms with van der Waals surface area (Å²) in [4.78, 5) is 10.8. The molecule has 1 atom stereocenters. The highest BCUT2D eigenvalue weighted by Crippen LogP contribution is 2.19. The first-order chi connectivity index (χ1) is 7.13. The van der Waals surface area contributed by atoms with Gasteiger partial charge in [-0.3, -0.25) is 0 Å². The van der Waals surface area contributed by atoms with Crippen LogP contribution in [-0.2, 0) is 4.79 Å². The summed E-state index contributed by atoms with van der Waals surface area (Å²) in [6, 6.07) is 0. The summed E-state index contributed by atoms with van der Waals surface area (Å²) in [5.41, 5.74) is 0.328. The van der Waals surface area contributed by atoms with Crippen LogP contribution >= 0.6 is 11.6 Å². The Morgan fingerprint density at radius 3 is 2.87 bits per heavy atom. The number of alkyl halides is 1. The Labute approximate surface area is 93.4 Å². The van der Waals surface area contributed by atoms with Crippen LogP contribution in [0.3, 0.4) is 0 Å². The second-order valence-corrected chi connectivity index (χ2v) is 3.70. The standard InChI is InChI=1S/C11H13ClO3/c12-6-5-9(11(14)15)7-8-1-3-10(13)4-2-8/h1,3-4,7-8,13H,2,5-6H2,(H,14,15). The maximum absolute atomic E-state index is 10.8. The first kappa shape index (κ1) is 11.9. The van der Waals surface area contributed by atoms with Crippen molar-refractivity contribution in [3.63, 3.8) is 0 Å². The van der Waals surface area contributed by atoms with Gasteiger partial charge in [0.15, 0.2) is 0 Å². The van der Waals surface area contributed by atoms with Crippen LogP contribution in [0.25, 0.3) is 0 Å². The lowest BCUT2D eigenvalue weighted by Crippen LogP contribution is -2.05. The Kier molecular flexibility index (Phi) is 4.43. The summed E-state index contributed by atoms with van der Waals surface area (Å²) < 4.78 is 0. The van der Waals surface area contributed by atoms with Gasteiger partial charge in [0, 0.05) is 11.5 Å². The zero-order valence-corrected chi connectivity index (χ0v) is 8.94. The molecule has 0 aromatic rings. The van der Waals surface area contributed by atoms with Crippen LogP contribution in [0.15, 0.2) is 35.6 Å². The van der Waals surface area contributed by atoms with Gasteiger partial charge < -0.3 is 10.2 Å². The Morgan fingerprint density at radius 2 is 2.40 bits per heavy atom. The van der Waals surface area contributed by atoms with Crippen molar-refractivity contribution in [2.75, 3.05) is 5.88 Å². The Balaban J connectivity index is 2.68. The molecule has 1 rings (SSSR count). The molecule has 0 fully saturated rings. The molecule has 82 valence electrons. The minimum Gasteiger partial charge on any atom is -0.508 e. The van der Waals surface area contributed by atoms with Crippen molar-refractivity contribution in [3.05, 3.63) is 35.6 Å². The van der Waals surface area contributed by atoms with E-state index in [0.29, 0.717) is 24.3 Å². The lowest BCUT2D eigenvalue weighted by atomic mass is 9.96. The fourth-order valence-electron chi connectivity index (χ4n) is 1.37. The zero-order valence-electron chi connectivity index (χ0n) is 8.19. The van der Waals surface area contributed by atoms with E-state index in [1.54, 1.807) is 24.3 Å². The second kappa shape index (κ2) is 5.61. The van der Waals surface area contributed by atoms with E-state index in [4.69, 9.17) is 21.8 Å². The van der Waals surface area contributed by atoms with Gasteiger partial charge in [0.05, 0.1) is 0 Å². The zero-order chi connectivity index (χ0) is 11.3. The van der Waals surface area contributed by atoms with Crippen molar-refractivity contribution >= 4 is 17.6 Å². The highest BCUT2D eigenvalue weighted by Gasteiger charge is 2.11. The van der Waals surface area contributed by atoms with Gasteiger partial charge in [0.1, 0.15) is 5.76 Å². The van der Waals surface area contributed by atoms with E-state index in [1.807, 2.05) is 0 Å². The monoisotopic (exact) mass is 228 g/mol. The molecule has 3 nitrogen and oxygen atoms in total. The molecule has 0 aliphatic heterocycles. The van der Waals surface area contributed by atoms with Gasteiger partial charge in [0.2, 0.25) is 0 Å². The molecule has 0 saturated carbocycles. The molecule has 15 heavy (non-hydrogen) atoms. The highest BCUT2D eigenvalue weighted by atomic mass is 35.5. The maximum atomic E-state index is 10.8. The Bertz CT molecular complexity index is 329. The van der Waals surface area contributed by atoms with Crippen LogP contribution in [-0.4, -0.2) is 22.1 Å². The van der Waals surface area contributed by atoms with E-state index in [9.17, 15) is 4.79 Å². The number of hydrogen-bond acceptors (Lipinski definition) is 2. The smallest absolute Gasteiger partial charge is 0.331 e. The number of halogens is 1. The summed E-state index contributed by atoms with van der Waals surface area (Å²) >= 11 is 5.51. The number of rotatable bonds is 4. The van der Waals surface area contributed by atoms with Crippen molar-refractivity contribution in [3.8, 4) is 0 Å². The van der Waals surface area contributed by atoms with Gasteiger partial charge in [-0.25, -0.2) is 4.79 Å². The molecule has 2 N–H and O–H groups in total. The molecule has 0 spiro atoms. The fourth-order valence-corrected chi connectivity index (χ4v) is 1.57. The van der Waals surface area contributed by atoms with Gasteiger partial charge in [-0.1, -0.05) is 12.2 Å². The van der Waals surface area contributed by atoms with Gasteiger partial charge in [0.25, 0.3) is 0 Å². The van der Waals surface area contributed by atoms with Crippen molar-refractivity contribution in [1.29, 1.82) is 0 Å². The van der Waals surface area contributed by atoms with Gasteiger partial charge in [-0.05, 0) is 30.9 Å². The normalized spacial score (nSPS) is 21.3. The first-order valence-corrected chi connectivity index (χ1v) is 5.24. The van der Waals surface area contributed by atoms with E-state index < -0.39 is 5.97 Å². The molecule has 0 amide bonds. The quantitative estimate of drug-likeness (QED) is 0.575. The summed E-state index contributed by atoms with van der Waals surface area (Å²) in [6.45, 7) is 0. The molecule has 1 unspecified atom stereocenters. The minimum atomic E-state index is -0.928. The Morgan fingerprint density at radius 1 is 1.67 bits per heavy atom. The summed E-state index contributed by atoms with van der Waals surface area (Å²) in [7, 11) is 0. The van der Waals surface area contributed by atoms with E-state index in [2.05, 4.69) is 0 Å². The third-order valence-electron chi connectivity index (χ3n) is 2.17. The number of aliphatic hydroxyl groups excluding tert-OH is 1. The highest BCUT2D eigenvalue weighted by molar-refractivity contribution is 6.18. The number of carboxylic acids is 1. The minimum absolute atomic E-state index is 0.0372. The number of carbonyl (C=O) groups is 1. The Hall–Kier alpha value is -1.22. The number of aliphatic carboxylic acids is 1. The molecule has 1 aliphatic rings. The van der Waals surface area contributed by atoms with Crippen molar-refractivity contribution < 1.29 is 15.0 Å². The van der Waals surface area contributed by atoms with E-state index in [1.165, 1.54) is 0 Å². The fraction of sp³-hybridized carbons (Fsp3) is 0.364. The molecule has 0 radical (unpaired) electrons. The third-order valence-corrected chi connectivity index (χ3v) is 2.36. The molecule has 0 heterocycles. The lowest BCUT2D eigenvalue weighted by Gasteiger charge is -2.10. The predicted molar refractivity (Wildman–Crippen MR) is 59.0 cm³/mol. The first-order valence-electron chi connectivity index (χ1n) is 4.70. The number of aliphatic hydroxyl groups is 1. The molecule has 0 aromatic carbocycles. The molecular weight excluding hydrogens is 216 g/mol. The molecule has 0 saturated heterocycles. The van der Waals surface area contributed by atoms with Crippen LogP contribution in [0.4, 0.5) is 0 Å². The van der Waals surface area contributed by atoms with E-state index in [0.717, 1.165) is 0 Å². The average molecular weight is 229 g/mol. The van der Waals surface area contributed by atoms with E-state index in [-0.39, 0.29) is 11.7 Å². The molecule has 0 bridgehead atoms. The lowest BCUT2D eigenvalue weighted by molar-refractivity contribution is -0.132. The second-order valence-electron chi connectivity index (χ2n) is 3.32. The summed E-state index contributed by atoms with van der Waals surface area (Å²) in [5, 5.41) is 18.0.